The van der Waals surface area contributed by atoms with Gasteiger partial charge >= 0.3 is 0 Å². The predicted octanol–water partition coefficient (Wildman–Crippen LogP) is 2.34. The standard InChI is InChI=1S/C14H27N3O2.HI/c1-3-17(4-2)13(15)16-10-12-11-18-14(19-12)8-6-5-7-9-14;/h12H,3-11H2,1-2H3,(H2,15,16);1H. The van der Waals surface area contributed by atoms with E-state index in [4.69, 9.17) is 15.2 Å². The molecule has 2 rings (SSSR count). The van der Waals surface area contributed by atoms with Crippen molar-refractivity contribution < 1.29 is 9.47 Å². The fraction of sp³-hybridized carbons (Fsp3) is 0.929. The lowest BCUT2D eigenvalue weighted by molar-refractivity contribution is -0.186. The topological polar surface area (TPSA) is 60.1 Å². The smallest absolute Gasteiger partial charge is 0.191 e. The molecule has 1 aliphatic heterocycles. The molecule has 1 spiro atoms. The van der Waals surface area contributed by atoms with Crippen LogP contribution in [0.25, 0.3) is 0 Å². The zero-order valence-electron chi connectivity index (χ0n) is 12.6. The summed E-state index contributed by atoms with van der Waals surface area (Å²) in [6.07, 6.45) is 5.82. The van der Waals surface area contributed by atoms with Crippen LogP contribution in [0.15, 0.2) is 4.99 Å². The minimum atomic E-state index is -0.303. The van der Waals surface area contributed by atoms with Gasteiger partial charge < -0.3 is 20.1 Å². The molecule has 5 nitrogen and oxygen atoms in total. The third-order valence-corrected chi connectivity index (χ3v) is 4.07. The minimum Gasteiger partial charge on any atom is -0.370 e. The summed E-state index contributed by atoms with van der Waals surface area (Å²) in [5, 5.41) is 0. The largest absolute Gasteiger partial charge is 0.370 e. The second-order valence-electron chi connectivity index (χ2n) is 5.39. The second kappa shape index (κ2) is 8.38. The van der Waals surface area contributed by atoms with Crippen molar-refractivity contribution >= 4 is 29.9 Å². The van der Waals surface area contributed by atoms with Crippen LogP contribution in [0.3, 0.4) is 0 Å². The van der Waals surface area contributed by atoms with Crippen LogP contribution in [0.2, 0.25) is 0 Å². The summed E-state index contributed by atoms with van der Waals surface area (Å²) < 4.78 is 12.0. The van der Waals surface area contributed by atoms with E-state index in [1.165, 1.54) is 19.3 Å². The van der Waals surface area contributed by atoms with E-state index in [-0.39, 0.29) is 35.9 Å². The second-order valence-corrected chi connectivity index (χ2v) is 5.39. The maximum absolute atomic E-state index is 6.08. The van der Waals surface area contributed by atoms with Gasteiger partial charge in [0.15, 0.2) is 11.7 Å². The molecule has 2 fully saturated rings. The maximum Gasteiger partial charge on any atom is 0.191 e. The Bertz CT molecular complexity index is 316. The Kier molecular flexibility index (Phi) is 7.53. The highest BCUT2D eigenvalue weighted by atomic mass is 127. The molecule has 1 atom stereocenters. The molecule has 0 radical (unpaired) electrons. The van der Waals surface area contributed by atoms with Crippen LogP contribution in [0, 0.1) is 0 Å². The Morgan fingerprint density at radius 1 is 1.25 bits per heavy atom. The minimum absolute atomic E-state index is 0. The number of halogens is 1. The van der Waals surface area contributed by atoms with E-state index in [0.717, 1.165) is 25.9 Å². The Morgan fingerprint density at radius 3 is 2.50 bits per heavy atom. The van der Waals surface area contributed by atoms with Crippen molar-refractivity contribution in [2.24, 2.45) is 10.7 Å². The molecule has 0 amide bonds. The fourth-order valence-electron chi connectivity index (χ4n) is 2.90. The molecule has 1 heterocycles. The highest BCUT2D eigenvalue weighted by molar-refractivity contribution is 14.0. The molecular weight excluding hydrogens is 369 g/mol. The molecule has 118 valence electrons. The Balaban J connectivity index is 0.00000200. The van der Waals surface area contributed by atoms with Crippen molar-refractivity contribution in [1.29, 1.82) is 0 Å². The third kappa shape index (κ3) is 4.46. The van der Waals surface area contributed by atoms with E-state index in [1.807, 2.05) is 4.90 Å². The van der Waals surface area contributed by atoms with E-state index in [1.54, 1.807) is 0 Å². The van der Waals surface area contributed by atoms with Crippen LogP contribution in [0.5, 0.6) is 0 Å². The molecule has 0 aromatic carbocycles. The van der Waals surface area contributed by atoms with Gasteiger partial charge in [0, 0.05) is 25.9 Å². The molecule has 2 aliphatic rings. The normalized spacial score (nSPS) is 25.5. The van der Waals surface area contributed by atoms with Crippen molar-refractivity contribution in [2.75, 3.05) is 26.2 Å². The average Bonchev–Trinajstić information content (AvgIpc) is 2.82. The first-order valence-corrected chi connectivity index (χ1v) is 7.56. The lowest BCUT2D eigenvalue weighted by Crippen LogP contribution is -2.38. The van der Waals surface area contributed by atoms with Gasteiger partial charge in [-0.15, -0.1) is 24.0 Å². The number of hydrogen-bond acceptors (Lipinski definition) is 3. The number of rotatable bonds is 4. The highest BCUT2D eigenvalue weighted by Gasteiger charge is 2.42. The van der Waals surface area contributed by atoms with Gasteiger partial charge in [0.2, 0.25) is 0 Å². The van der Waals surface area contributed by atoms with E-state index in [2.05, 4.69) is 18.8 Å². The highest BCUT2D eigenvalue weighted by Crippen LogP contribution is 2.37. The van der Waals surface area contributed by atoms with E-state index in [0.29, 0.717) is 19.1 Å². The van der Waals surface area contributed by atoms with Crippen LogP contribution < -0.4 is 5.73 Å². The first kappa shape index (κ1) is 18.0. The van der Waals surface area contributed by atoms with Gasteiger partial charge in [-0.25, -0.2) is 0 Å². The number of nitrogens with two attached hydrogens (primary N) is 1. The summed E-state index contributed by atoms with van der Waals surface area (Å²) >= 11 is 0. The van der Waals surface area contributed by atoms with Crippen molar-refractivity contribution in [3.8, 4) is 0 Å². The van der Waals surface area contributed by atoms with Gasteiger partial charge in [0.1, 0.15) is 6.10 Å². The lowest BCUT2D eigenvalue weighted by Gasteiger charge is -2.31. The van der Waals surface area contributed by atoms with Crippen LogP contribution in [0.4, 0.5) is 0 Å². The fourth-order valence-corrected chi connectivity index (χ4v) is 2.90. The zero-order valence-corrected chi connectivity index (χ0v) is 15.0. The molecule has 1 saturated heterocycles. The molecule has 20 heavy (non-hydrogen) atoms. The average molecular weight is 397 g/mol. The third-order valence-electron chi connectivity index (χ3n) is 4.07. The summed E-state index contributed by atoms with van der Waals surface area (Å²) in [5.74, 6) is 0.306. The maximum atomic E-state index is 6.08. The van der Waals surface area contributed by atoms with Crippen molar-refractivity contribution in [3.05, 3.63) is 0 Å². The van der Waals surface area contributed by atoms with Crippen LogP contribution in [-0.4, -0.2) is 49.0 Å². The Morgan fingerprint density at radius 2 is 1.90 bits per heavy atom. The predicted molar refractivity (Wildman–Crippen MR) is 91.5 cm³/mol. The molecule has 0 bridgehead atoms. The van der Waals surface area contributed by atoms with Crippen LogP contribution in [-0.2, 0) is 9.47 Å². The number of nitrogens with zero attached hydrogens (tertiary/aromatic N) is 2. The van der Waals surface area contributed by atoms with Gasteiger partial charge in [-0.2, -0.15) is 0 Å². The van der Waals surface area contributed by atoms with Crippen LogP contribution in [0.1, 0.15) is 46.0 Å². The number of hydrogen-bond donors (Lipinski definition) is 1. The molecule has 1 aliphatic carbocycles. The molecule has 0 aromatic heterocycles. The van der Waals surface area contributed by atoms with Crippen LogP contribution >= 0.6 is 24.0 Å². The Hall–Kier alpha value is -0.0800. The Labute approximate surface area is 139 Å². The quantitative estimate of drug-likeness (QED) is 0.450. The first-order valence-electron chi connectivity index (χ1n) is 7.56. The summed E-state index contributed by atoms with van der Waals surface area (Å²) in [5.41, 5.74) is 5.97. The first-order chi connectivity index (χ1) is 9.19. The molecule has 1 unspecified atom stereocenters. The molecule has 0 aromatic rings. The number of aliphatic imine (C=N–C) groups is 1. The summed E-state index contributed by atoms with van der Waals surface area (Å²) in [7, 11) is 0. The molecule has 6 heteroatoms. The van der Waals surface area contributed by atoms with Gasteiger partial charge in [-0.3, -0.25) is 4.99 Å². The molecule has 2 N–H and O–H groups in total. The van der Waals surface area contributed by atoms with Gasteiger partial charge in [-0.1, -0.05) is 6.42 Å². The summed E-state index contributed by atoms with van der Waals surface area (Å²) in [4.78, 5) is 6.49. The van der Waals surface area contributed by atoms with Gasteiger partial charge in [0.25, 0.3) is 0 Å². The van der Waals surface area contributed by atoms with Gasteiger partial charge in [-0.05, 0) is 26.7 Å². The van der Waals surface area contributed by atoms with Crippen molar-refractivity contribution in [2.45, 2.75) is 57.8 Å². The SMILES string of the molecule is CCN(CC)C(N)=NCC1COC2(CCCCC2)O1.I. The van der Waals surface area contributed by atoms with E-state index < -0.39 is 0 Å². The van der Waals surface area contributed by atoms with E-state index >= 15 is 0 Å². The van der Waals surface area contributed by atoms with E-state index in [9.17, 15) is 0 Å². The zero-order chi connectivity index (χ0) is 13.7. The van der Waals surface area contributed by atoms with Gasteiger partial charge in [0.05, 0.1) is 13.2 Å². The number of guanidine groups is 1. The summed E-state index contributed by atoms with van der Waals surface area (Å²) in [6.45, 7) is 7.19. The lowest BCUT2D eigenvalue weighted by atomic mass is 9.94. The molecular formula is C14H28IN3O2. The summed E-state index contributed by atoms with van der Waals surface area (Å²) in [6, 6.07) is 0. The van der Waals surface area contributed by atoms with Crippen molar-refractivity contribution in [3.63, 3.8) is 0 Å². The van der Waals surface area contributed by atoms with Crippen molar-refractivity contribution in [1.82, 2.24) is 4.90 Å². The molecule has 1 saturated carbocycles. The number of ether oxygens (including phenoxy) is 2. The monoisotopic (exact) mass is 397 g/mol.